The Bertz CT molecular complexity index is 639. The Labute approximate surface area is 120 Å². The van der Waals surface area contributed by atoms with Gasteiger partial charge < -0.3 is 15.2 Å². The highest BCUT2D eigenvalue weighted by Crippen LogP contribution is 2.14. The summed E-state index contributed by atoms with van der Waals surface area (Å²) in [6.45, 7) is 1.53. The maximum atomic E-state index is 11.8. The Hall–Kier alpha value is -2.34. The summed E-state index contributed by atoms with van der Waals surface area (Å²) in [4.78, 5) is 23.4. The topological polar surface area (TPSA) is 84.2 Å². The lowest BCUT2D eigenvalue weighted by Crippen LogP contribution is -2.33. The van der Waals surface area contributed by atoms with Gasteiger partial charge in [0.05, 0.1) is 17.1 Å². The number of aromatic nitrogens is 1. The summed E-state index contributed by atoms with van der Waals surface area (Å²) in [5, 5.41) is 8.91. The number of nitrogens with zero attached hydrogens (tertiary/aromatic N) is 1. The largest absolute Gasteiger partial charge is 0.360 e. The lowest BCUT2D eigenvalue weighted by molar-refractivity contribution is -0.115. The van der Waals surface area contributed by atoms with Crippen molar-refractivity contribution in [2.24, 2.45) is 0 Å². The third-order valence-corrected chi connectivity index (χ3v) is 2.75. The number of aryl methyl sites for hydroxylation is 1. The number of amides is 2. The van der Waals surface area contributed by atoms with Crippen molar-refractivity contribution in [1.29, 1.82) is 0 Å². The fourth-order valence-electron chi connectivity index (χ4n) is 1.51. The quantitative estimate of drug-likeness (QED) is 0.903. The lowest BCUT2D eigenvalue weighted by Gasteiger charge is -2.06. The minimum absolute atomic E-state index is 0.185. The summed E-state index contributed by atoms with van der Waals surface area (Å²) in [7, 11) is 0. The zero-order valence-electron chi connectivity index (χ0n) is 10.6. The third kappa shape index (κ3) is 3.58. The number of anilines is 1. The van der Waals surface area contributed by atoms with Gasteiger partial charge in [-0.1, -0.05) is 28.9 Å². The number of nitrogens with one attached hydrogen (secondary N) is 2. The van der Waals surface area contributed by atoms with Crippen LogP contribution in [0.1, 0.15) is 16.1 Å². The van der Waals surface area contributed by atoms with Crippen molar-refractivity contribution in [3.63, 3.8) is 0 Å². The Morgan fingerprint density at radius 1 is 1.35 bits per heavy atom. The van der Waals surface area contributed by atoms with Crippen LogP contribution in [0.3, 0.4) is 0 Å². The molecule has 2 rings (SSSR count). The van der Waals surface area contributed by atoms with Gasteiger partial charge in [-0.15, -0.1) is 0 Å². The molecule has 0 aliphatic rings. The van der Waals surface area contributed by atoms with Gasteiger partial charge in [-0.3, -0.25) is 9.59 Å². The van der Waals surface area contributed by atoms with Crippen molar-refractivity contribution in [2.75, 3.05) is 11.9 Å². The zero-order valence-corrected chi connectivity index (χ0v) is 11.4. The van der Waals surface area contributed by atoms with E-state index in [1.54, 1.807) is 37.3 Å². The number of carbonyl (C=O) groups excluding carboxylic acids is 2. The summed E-state index contributed by atoms with van der Waals surface area (Å²) >= 11 is 5.88. The van der Waals surface area contributed by atoms with E-state index in [0.29, 0.717) is 22.2 Å². The molecule has 2 N–H and O–H groups in total. The summed E-state index contributed by atoms with van der Waals surface area (Å²) in [6, 6.07) is 8.18. The Morgan fingerprint density at radius 2 is 2.10 bits per heavy atom. The maximum absolute atomic E-state index is 11.8. The standard InChI is InChI=1S/C13H12ClN3O3/c1-8-6-11(17-20-8)16-12(18)7-15-13(19)9-4-2-3-5-10(9)14/h2-6H,7H2,1H3,(H,15,19)(H,16,17,18). The van der Waals surface area contributed by atoms with Crippen LogP contribution in [0.25, 0.3) is 0 Å². The van der Waals surface area contributed by atoms with Crippen molar-refractivity contribution < 1.29 is 14.1 Å². The molecular formula is C13H12ClN3O3. The molecule has 0 fully saturated rings. The second kappa shape index (κ2) is 6.21. The van der Waals surface area contributed by atoms with E-state index in [9.17, 15) is 9.59 Å². The van der Waals surface area contributed by atoms with Crippen molar-refractivity contribution >= 4 is 29.2 Å². The Morgan fingerprint density at radius 3 is 2.75 bits per heavy atom. The van der Waals surface area contributed by atoms with Crippen LogP contribution in [-0.2, 0) is 4.79 Å². The molecule has 1 aromatic carbocycles. The monoisotopic (exact) mass is 293 g/mol. The molecule has 2 aromatic rings. The first kappa shape index (κ1) is 14.1. The van der Waals surface area contributed by atoms with E-state index in [4.69, 9.17) is 16.1 Å². The minimum Gasteiger partial charge on any atom is -0.360 e. The molecule has 0 unspecified atom stereocenters. The van der Waals surface area contributed by atoms with Crippen molar-refractivity contribution in [2.45, 2.75) is 6.92 Å². The van der Waals surface area contributed by atoms with Gasteiger partial charge in [0, 0.05) is 6.07 Å². The number of carbonyl (C=O) groups is 2. The fourth-order valence-corrected chi connectivity index (χ4v) is 1.74. The molecule has 0 bridgehead atoms. The van der Waals surface area contributed by atoms with E-state index >= 15 is 0 Å². The maximum Gasteiger partial charge on any atom is 0.253 e. The van der Waals surface area contributed by atoms with Gasteiger partial charge in [-0.2, -0.15) is 0 Å². The molecule has 0 spiro atoms. The molecule has 1 aromatic heterocycles. The molecule has 20 heavy (non-hydrogen) atoms. The molecule has 7 heteroatoms. The van der Waals surface area contributed by atoms with Gasteiger partial charge in [0.15, 0.2) is 5.82 Å². The van der Waals surface area contributed by atoms with Crippen LogP contribution in [0.5, 0.6) is 0 Å². The number of halogens is 1. The second-order valence-corrected chi connectivity index (χ2v) is 4.44. The minimum atomic E-state index is -0.415. The van der Waals surface area contributed by atoms with E-state index in [0.717, 1.165) is 0 Å². The Kier molecular flexibility index (Phi) is 4.37. The number of hydrogen-bond donors (Lipinski definition) is 2. The molecule has 0 radical (unpaired) electrons. The van der Waals surface area contributed by atoms with Crippen molar-refractivity contribution in [3.05, 3.63) is 46.7 Å². The highest BCUT2D eigenvalue weighted by molar-refractivity contribution is 6.33. The zero-order chi connectivity index (χ0) is 14.5. The number of hydrogen-bond acceptors (Lipinski definition) is 4. The average Bonchev–Trinajstić information content (AvgIpc) is 2.82. The van der Waals surface area contributed by atoms with Crippen LogP contribution in [0.2, 0.25) is 5.02 Å². The average molecular weight is 294 g/mol. The van der Waals surface area contributed by atoms with Crippen LogP contribution >= 0.6 is 11.6 Å². The van der Waals surface area contributed by atoms with Gasteiger partial charge in [-0.05, 0) is 19.1 Å². The van der Waals surface area contributed by atoms with E-state index in [1.807, 2.05) is 0 Å². The van der Waals surface area contributed by atoms with Crippen molar-refractivity contribution in [3.8, 4) is 0 Å². The van der Waals surface area contributed by atoms with Gasteiger partial charge in [0.2, 0.25) is 5.91 Å². The van der Waals surface area contributed by atoms with E-state index in [2.05, 4.69) is 15.8 Å². The summed E-state index contributed by atoms with van der Waals surface area (Å²) in [5.74, 6) is 0.0701. The number of benzene rings is 1. The molecule has 0 aliphatic carbocycles. The molecule has 104 valence electrons. The first-order valence-electron chi connectivity index (χ1n) is 5.82. The van der Waals surface area contributed by atoms with Crippen molar-refractivity contribution in [1.82, 2.24) is 10.5 Å². The predicted molar refractivity (Wildman–Crippen MR) is 73.7 cm³/mol. The van der Waals surface area contributed by atoms with Crippen LogP contribution in [0.15, 0.2) is 34.9 Å². The predicted octanol–water partition coefficient (Wildman–Crippen LogP) is 2.00. The lowest BCUT2D eigenvalue weighted by atomic mass is 10.2. The normalized spacial score (nSPS) is 10.1. The Balaban J connectivity index is 1.87. The highest BCUT2D eigenvalue weighted by atomic mass is 35.5. The smallest absolute Gasteiger partial charge is 0.253 e. The van der Waals surface area contributed by atoms with Crippen LogP contribution in [-0.4, -0.2) is 23.5 Å². The first-order valence-corrected chi connectivity index (χ1v) is 6.20. The molecule has 0 saturated heterocycles. The SMILES string of the molecule is Cc1cc(NC(=O)CNC(=O)c2ccccc2Cl)no1. The van der Waals surface area contributed by atoms with Gasteiger partial charge in [0.1, 0.15) is 5.76 Å². The van der Waals surface area contributed by atoms with E-state index < -0.39 is 11.8 Å². The summed E-state index contributed by atoms with van der Waals surface area (Å²) < 4.78 is 4.81. The fraction of sp³-hybridized carbons (Fsp3) is 0.154. The highest BCUT2D eigenvalue weighted by Gasteiger charge is 2.11. The van der Waals surface area contributed by atoms with Crippen LogP contribution in [0, 0.1) is 6.92 Å². The van der Waals surface area contributed by atoms with Crippen LogP contribution < -0.4 is 10.6 Å². The second-order valence-electron chi connectivity index (χ2n) is 4.03. The molecule has 0 atom stereocenters. The first-order chi connectivity index (χ1) is 9.56. The molecule has 1 heterocycles. The number of rotatable bonds is 4. The molecule has 6 nitrogen and oxygen atoms in total. The molecule has 2 amide bonds. The third-order valence-electron chi connectivity index (χ3n) is 2.42. The summed E-state index contributed by atoms with van der Waals surface area (Å²) in [6.07, 6.45) is 0. The van der Waals surface area contributed by atoms with E-state index in [-0.39, 0.29) is 6.54 Å². The molecule has 0 aliphatic heterocycles. The van der Waals surface area contributed by atoms with Gasteiger partial charge in [0.25, 0.3) is 5.91 Å². The van der Waals surface area contributed by atoms with E-state index in [1.165, 1.54) is 0 Å². The molecule has 0 saturated carbocycles. The van der Waals surface area contributed by atoms with Gasteiger partial charge in [-0.25, -0.2) is 0 Å². The molecular weight excluding hydrogens is 282 g/mol. The summed E-state index contributed by atoms with van der Waals surface area (Å²) in [5.41, 5.74) is 0.319. The van der Waals surface area contributed by atoms with Crippen LogP contribution in [0.4, 0.5) is 5.82 Å². The van der Waals surface area contributed by atoms with Gasteiger partial charge >= 0.3 is 0 Å².